The van der Waals surface area contributed by atoms with Crippen LogP contribution in [0.2, 0.25) is 0 Å². The van der Waals surface area contributed by atoms with Crippen molar-refractivity contribution in [3.8, 4) is 5.82 Å². The van der Waals surface area contributed by atoms with E-state index in [1.165, 1.54) is 12.4 Å². The number of aromatic amines is 1. The van der Waals surface area contributed by atoms with Gasteiger partial charge in [-0.3, -0.25) is 9.59 Å². The summed E-state index contributed by atoms with van der Waals surface area (Å²) in [4.78, 5) is 27.5. The molecule has 118 valence electrons. The van der Waals surface area contributed by atoms with E-state index in [1.807, 2.05) is 0 Å². The molecule has 3 aromatic rings. The van der Waals surface area contributed by atoms with Gasteiger partial charge in [-0.25, -0.2) is 9.36 Å². The Kier molecular flexibility index (Phi) is 3.87. The van der Waals surface area contributed by atoms with Crippen LogP contribution in [-0.4, -0.2) is 30.5 Å². The number of carbonyl (C=O) groups excluding carboxylic acids is 1. The molecule has 23 heavy (non-hydrogen) atoms. The number of hydrogen-bond donors (Lipinski definition) is 2. The lowest BCUT2D eigenvalue weighted by Gasteiger charge is -2.08. The van der Waals surface area contributed by atoms with Gasteiger partial charge in [0.25, 0.3) is 5.91 Å². The number of pyridine rings is 1. The minimum absolute atomic E-state index is 0.152. The fourth-order valence-electron chi connectivity index (χ4n) is 2.30. The first kappa shape index (κ1) is 15.2. The Bertz CT molecular complexity index is 925. The van der Waals surface area contributed by atoms with Gasteiger partial charge in [0, 0.05) is 31.8 Å². The zero-order chi connectivity index (χ0) is 16.6. The van der Waals surface area contributed by atoms with E-state index in [4.69, 9.17) is 0 Å². The number of aryl methyl sites for hydroxylation is 2. The molecule has 0 aliphatic rings. The summed E-state index contributed by atoms with van der Waals surface area (Å²) < 4.78 is 3.47. The number of nitrogens with one attached hydrogen (secondary N) is 2. The summed E-state index contributed by atoms with van der Waals surface area (Å²) in [7, 11) is 1.73. The van der Waals surface area contributed by atoms with Gasteiger partial charge in [0.2, 0.25) is 5.43 Å². The van der Waals surface area contributed by atoms with E-state index in [0.29, 0.717) is 21.5 Å². The maximum atomic E-state index is 12.7. The van der Waals surface area contributed by atoms with Gasteiger partial charge >= 0.3 is 0 Å². The van der Waals surface area contributed by atoms with Crippen LogP contribution < -0.4 is 10.7 Å². The van der Waals surface area contributed by atoms with Crippen molar-refractivity contribution in [2.24, 2.45) is 7.05 Å². The van der Waals surface area contributed by atoms with Gasteiger partial charge < -0.3 is 10.3 Å². The van der Waals surface area contributed by atoms with Crippen LogP contribution in [0.4, 0.5) is 5.69 Å². The molecular weight excluding hydrogens is 364 g/mol. The second-order valence-electron chi connectivity index (χ2n) is 4.86. The summed E-state index contributed by atoms with van der Waals surface area (Å²) in [5.41, 5.74) is 0.746. The second-order valence-corrected chi connectivity index (χ2v) is 5.71. The monoisotopic (exact) mass is 376 g/mol. The maximum Gasteiger partial charge on any atom is 0.261 e. The lowest BCUT2D eigenvalue weighted by molar-refractivity contribution is 0.102. The summed E-state index contributed by atoms with van der Waals surface area (Å²) in [6.07, 6.45) is 6.27. The molecule has 0 aliphatic carbocycles. The minimum Gasteiger partial charge on any atom is -0.365 e. The van der Waals surface area contributed by atoms with Crippen molar-refractivity contribution >= 4 is 27.5 Å². The molecule has 0 unspecified atom stereocenters. The van der Waals surface area contributed by atoms with Gasteiger partial charge in [-0.2, -0.15) is 10.2 Å². The number of aromatic nitrogens is 5. The van der Waals surface area contributed by atoms with Gasteiger partial charge in [-0.1, -0.05) is 0 Å². The molecule has 3 aromatic heterocycles. The zero-order valence-electron chi connectivity index (χ0n) is 12.4. The van der Waals surface area contributed by atoms with Crippen molar-refractivity contribution in [1.82, 2.24) is 24.5 Å². The lowest BCUT2D eigenvalue weighted by Crippen LogP contribution is -2.21. The van der Waals surface area contributed by atoms with Crippen molar-refractivity contribution in [3.05, 3.63) is 56.8 Å². The average molecular weight is 377 g/mol. The molecule has 0 atom stereocenters. The quantitative estimate of drug-likeness (QED) is 0.725. The molecule has 0 fully saturated rings. The highest BCUT2D eigenvalue weighted by Crippen LogP contribution is 2.18. The van der Waals surface area contributed by atoms with Gasteiger partial charge in [0.15, 0.2) is 5.82 Å². The third-order valence-corrected chi connectivity index (χ3v) is 3.88. The zero-order valence-corrected chi connectivity index (χ0v) is 14.0. The highest BCUT2D eigenvalue weighted by Gasteiger charge is 2.22. The first-order chi connectivity index (χ1) is 11.0. The molecule has 0 saturated carbocycles. The molecule has 3 rings (SSSR count). The smallest absolute Gasteiger partial charge is 0.261 e. The Morgan fingerprint density at radius 3 is 2.87 bits per heavy atom. The van der Waals surface area contributed by atoms with E-state index in [9.17, 15) is 9.59 Å². The van der Waals surface area contributed by atoms with Crippen molar-refractivity contribution in [2.45, 2.75) is 6.92 Å². The number of hydrogen-bond acceptors (Lipinski definition) is 4. The summed E-state index contributed by atoms with van der Waals surface area (Å²) in [5.74, 6) is 0.0983. The normalized spacial score (nSPS) is 10.7. The van der Waals surface area contributed by atoms with Crippen LogP contribution in [0.3, 0.4) is 0 Å². The molecule has 1 amide bonds. The molecule has 3 heterocycles. The molecule has 9 heteroatoms. The average Bonchev–Trinajstić information content (AvgIpc) is 3.11. The molecule has 0 bridgehead atoms. The fraction of sp³-hybridized carbons (Fsp3) is 0.143. The molecule has 0 radical (unpaired) electrons. The largest absolute Gasteiger partial charge is 0.365 e. The highest BCUT2D eigenvalue weighted by molar-refractivity contribution is 9.10. The number of amides is 1. The SMILES string of the molecule is Cc1nn(C)c(-n2cccn2)c1C(=O)Nc1c[nH]cc(Br)c1=O. The van der Waals surface area contributed by atoms with Gasteiger partial charge in [-0.05, 0) is 28.9 Å². The van der Waals surface area contributed by atoms with Crippen molar-refractivity contribution in [1.29, 1.82) is 0 Å². The highest BCUT2D eigenvalue weighted by atomic mass is 79.9. The number of nitrogens with zero attached hydrogens (tertiary/aromatic N) is 4. The number of carbonyl (C=O) groups is 1. The number of anilines is 1. The first-order valence-electron chi connectivity index (χ1n) is 6.70. The first-order valence-corrected chi connectivity index (χ1v) is 7.50. The Morgan fingerprint density at radius 2 is 2.17 bits per heavy atom. The van der Waals surface area contributed by atoms with Crippen LogP contribution in [0.5, 0.6) is 0 Å². The van der Waals surface area contributed by atoms with Crippen LogP contribution in [0, 0.1) is 6.92 Å². The fourth-order valence-corrected chi connectivity index (χ4v) is 2.65. The number of rotatable bonds is 3. The van der Waals surface area contributed by atoms with Crippen LogP contribution >= 0.6 is 15.9 Å². The molecule has 0 aromatic carbocycles. The Morgan fingerprint density at radius 1 is 1.39 bits per heavy atom. The number of halogens is 1. The van der Waals surface area contributed by atoms with Crippen molar-refractivity contribution in [3.63, 3.8) is 0 Å². The third-order valence-electron chi connectivity index (χ3n) is 3.29. The minimum atomic E-state index is -0.426. The lowest BCUT2D eigenvalue weighted by atomic mass is 10.2. The Labute approximate surface area is 139 Å². The predicted molar refractivity (Wildman–Crippen MR) is 87.8 cm³/mol. The summed E-state index contributed by atoms with van der Waals surface area (Å²) in [5, 5.41) is 11.0. The molecule has 0 aliphatic heterocycles. The van der Waals surface area contributed by atoms with Gasteiger partial charge in [-0.15, -0.1) is 0 Å². The molecule has 0 saturated heterocycles. The van der Waals surface area contributed by atoms with E-state index < -0.39 is 5.91 Å². The summed E-state index contributed by atoms with van der Waals surface area (Å²) in [6, 6.07) is 1.75. The van der Waals surface area contributed by atoms with Crippen LogP contribution in [0.1, 0.15) is 16.1 Å². The summed E-state index contributed by atoms with van der Waals surface area (Å²) >= 11 is 3.13. The van der Waals surface area contributed by atoms with Crippen molar-refractivity contribution < 1.29 is 4.79 Å². The topological polar surface area (TPSA) is 97.6 Å². The van der Waals surface area contributed by atoms with Gasteiger partial charge in [0.05, 0.1) is 10.2 Å². The standard InChI is InChI=1S/C14H13BrN6O2/c1-8-11(14(20(2)19-8)21-5-3-4-17-21)13(23)18-10-7-16-6-9(15)12(10)22/h3-7H,1-2H3,(H,16,22)(H,18,23). The predicted octanol–water partition coefficient (Wildman–Crippen LogP) is 1.62. The molecule has 2 N–H and O–H groups in total. The van der Waals surface area contributed by atoms with E-state index in [2.05, 4.69) is 36.4 Å². The third kappa shape index (κ3) is 2.70. The molecular formula is C14H13BrN6O2. The van der Waals surface area contributed by atoms with Crippen LogP contribution in [0.15, 0.2) is 40.1 Å². The van der Waals surface area contributed by atoms with E-state index >= 15 is 0 Å². The van der Waals surface area contributed by atoms with E-state index in [1.54, 1.807) is 41.8 Å². The number of H-pyrrole nitrogens is 1. The van der Waals surface area contributed by atoms with E-state index in [0.717, 1.165) is 0 Å². The second kappa shape index (κ2) is 5.84. The summed E-state index contributed by atoms with van der Waals surface area (Å²) in [6.45, 7) is 1.73. The Balaban J connectivity index is 2.04. The maximum absolute atomic E-state index is 12.7. The van der Waals surface area contributed by atoms with Crippen LogP contribution in [-0.2, 0) is 7.05 Å². The van der Waals surface area contributed by atoms with Gasteiger partial charge in [0.1, 0.15) is 11.3 Å². The van der Waals surface area contributed by atoms with E-state index in [-0.39, 0.29) is 11.1 Å². The van der Waals surface area contributed by atoms with Crippen LogP contribution in [0.25, 0.3) is 5.82 Å². The Hall–Kier alpha value is -2.68. The van der Waals surface area contributed by atoms with Crippen molar-refractivity contribution in [2.75, 3.05) is 5.32 Å². The molecule has 0 spiro atoms. The molecule has 8 nitrogen and oxygen atoms in total.